The van der Waals surface area contributed by atoms with Gasteiger partial charge in [0.25, 0.3) is 5.91 Å². The molecule has 4 nitrogen and oxygen atoms in total. The molecule has 0 bridgehead atoms. The minimum Gasteiger partial charge on any atom is -0.399 e. The lowest BCUT2D eigenvalue weighted by atomic mass is 10.2. The molecule has 0 aliphatic carbocycles. The number of nitrogens with zero attached hydrogens (tertiary/aromatic N) is 1. The number of nitrogen functional groups attached to an aromatic ring is 1. The summed E-state index contributed by atoms with van der Waals surface area (Å²) in [5.41, 5.74) is 12.0. The second-order valence-corrected chi connectivity index (χ2v) is 2.83. The fourth-order valence-corrected chi connectivity index (χ4v) is 0.823. The van der Waals surface area contributed by atoms with Crippen molar-refractivity contribution < 1.29 is 4.79 Å². The lowest BCUT2D eigenvalue weighted by Crippen LogP contribution is -2.31. The summed E-state index contributed by atoms with van der Waals surface area (Å²) in [4.78, 5) is 11.1. The summed E-state index contributed by atoms with van der Waals surface area (Å²) in [6, 6.07) is 6.23. The zero-order valence-electron chi connectivity index (χ0n) is 7.40. The van der Waals surface area contributed by atoms with E-state index in [1.54, 1.807) is 31.2 Å². The molecular weight excluding hydrogens is 166 g/mol. The molecule has 1 rings (SSSR count). The van der Waals surface area contributed by atoms with Crippen LogP contribution in [0, 0.1) is 0 Å². The lowest BCUT2D eigenvalue weighted by Gasteiger charge is -2.04. The van der Waals surface area contributed by atoms with Crippen molar-refractivity contribution in [2.45, 2.75) is 13.0 Å². The average molecular weight is 178 g/mol. The van der Waals surface area contributed by atoms with Crippen LogP contribution < -0.4 is 16.8 Å². The summed E-state index contributed by atoms with van der Waals surface area (Å²) < 4.78 is 0. The molecular formula is C9H12N3O. The average Bonchev–Trinajstić information content (AvgIpc) is 2.04. The maximum Gasteiger partial charge on any atom is 0.262 e. The van der Waals surface area contributed by atoms with Crippen LogP contribution in [0.4, 0.5) is 11.4 Å². The van der Waals surface area contributed by atoms with Crippen LogP contribution in [0.3, 0.4) is 0 Å². The third-order valence-electron chi connectivity index (χ3n) is 1.50. The Kier molecular flexibility index (Phi) is 2.87. The molecule has 0 aromatic heterocycles. The highest BCUT2D eigenvalue weighted by Crippen LogP contribution is 2.11. The van der Waals surface area contributed by atoms with Crippen LogP contribution in [0.25, 0.3) is 0 Å². The number of benzene rings is 1. The Balaban J connectivity index is 2.69. The zero-order chi connectivity index (χ0) is 9.84. The number of hydrogen-bond donors (Lipinski definition) is 2. The number of hydrogen-bond acceptors (Lipinski definition) is 3. The summed E-state index contributed by atoms with van der Waals surface area (Å²) >= 11 is 0. The minimum absolute atomic E-state index is 0.342. The Morgan fingerprint density at radius 2 is 2.23 bits per heavy atom. The highest BCUT2D eigenvalue weighted by molar-refractivity contribution is 5.85. The molecule has 0 fully saturated rings. The van der Waals surface area contributed by atoms with Gasteiger partial charge in [-0.25, -0.2) is 5.32 Å². The minimum atomic E-state index is -0.568. The third kappa shape index (κ3) is 2.76. The van der Waals surface area contributed by atoms with Gasteiger partial charge in [0.2, 0.25) is 0 Å². The van der Waals surface area contributed by atoms with E-state index >= 15 is 0 Å². The normalized spacial score (nSPS) is 12.2. The zero-order valence-corrected chi connectivity index (χ0v) is 7.40. The van der Waals surface area contributed by atoms with Crippen molar-refractivity contribution in [1.29, 1.82) is 0 Å². The molecule has 1 radical (unpaired) electrons. The van der Waals surface area contributed by atoms with Gasteiger partial charge in [-0.2, -0.15) is 0 Å². The molecule has 1 atom stereocenters. The van der Waals surface area contributed by atoms with Gasteiger partial charge < -0.3 is 11.5 Å². The number of amides is 1. The second-order valence-electron chi connectivity index (χ2n) is 2.83. The smallest absolute Gasteiger partial charge is 0.262 e. The molecule has 4 heteroatoms. The maximum absolute atomic E-state index is 11.1. The van der Waals surface area contributed by atoms with Crippen molar-refractivity contribution in [2.75, 3.05) is 5.73 Å². The predicted octanol–water partition coefficient (Wildman–Crippen LogP) is 0.378. The molecule has 0 saturated heterocycles. The standard InChI is InChI=1S/C9H12N3O/c1-6(10)9(13)12-8-4-2-3-7(11)5-8/h2-6H,10-11H2,1H3/t6-/m0/s1. The molecule has 4 N–H and O–H groups in total. The monoisotopic (exact) mass is 178 g/mol. The highest BCUT2D eigenvalue weighted by atomic mass is 16.2. The molecule has 0 aliphatic rings. The van der Waals surface area contributed by atoms with E-state index in [1.165, 1.54) is 0 Å². The van der Waals surface area contributed by atoms with Crippen molar-refractivity contribution >= 4 is 17.3 Å². The van der Waals surface area contributed by atoms with E-state index in [9.17, 15) is 4.79 Å². The Hall–Kier alpha value is -1.55. The Morgan fingerprint density at radius 1 is 1.54 bits per heavy atom. The first-order chi connectivity index (χ1) is 6.09. The first kappa shape index (κ1) is 9.54. The third-order valence-corrected chi connectivity index (χ3v) is 1.50. The van der Waals surface area contributed by atoms with Crippen LogP contribution in [0.2, 0.25) is 0 Å². The van der Waals surface area contributed by atoms with Crippen LogP contribution in [-0.2, 0) is 4.79 Å². The summed E-state index contributed by atoms with van der Waals surface area (Å²) in [5.74, 6) is -0.342. The van der Waals surface area contributed by atoms with E-state index < -0.39 is 6.04 Å². The van der Waals surface area contributed by atoms with Crippen LogP contribution in [-0.4, -0.2) is 11.9 Å². The topological polar surface area (TPSA) is 83.2 Å². The first-order valence-corrected chi connectivity index (χ1v) is 3.96. The summed E-state index contributed by atoms with van der Waals surface area (Å²) in [6.45, 7) is 1.60. The first-order valence-electron chi connectivity index (χ1n) is 3.96. The molecule has 0 spiro atoms. The van der Waals surface area contributed by atoms with Gasteiger partial charge in [0.05, 0.1) is 11.7 Å². The number of carbonyl (C=O) groups is 1. The lowest BCUT2D eigenvalue weighted by molar-refractivity contribution is -0.121. The highest BCUT2D eigenvalue weighted by Gasteiger charge is 2.09. The van der Waals surface area contributed by atoms with Crippen molar-refractivity contribution in [3.05, 3.63) is 24.3 Å². The Morgan fingerprint density at radius 3 is 2.77 bits per heavy atom. The van der Waals surface area contributed by atoms with Crippen LogP contribution in [0.5, 0.6) is 0 Å². The molecule has 0 aliphatic heterocycles. The van der Waals surface area contributed by atoms with Gasteiger partial charge in [-0.05, 0) is 25.1 Å². The molecule has 0 heterocycles. The molecule has 1 aromatic carbocycles. The fourth-order valence-electron chi connectivity index (χ4n) is 0.823. The van der Waals surface area contributed by atoms with E-state index in [0.717, 1.165) is 0 Å². The van der Waals surface area contributed by atoms with Crippen molar-refractivity contribution in [3.8, 4) is 0 Å². The van der Waals surface area contributed by atoms with Crippen LogP contribution in [0.15, 0.2) is 24.3 Å². The largest absolute Gasteiger partial charge is 0.399 e. The number of carbonyl (C=O) groups excluding carboxylic acids is 1. The molecule has 0 saturated carbocycles. The van der Waals surface area contributed by atoms with Crippen LogP contribution >= 0.6 is 0 Å². The van der Waals surface area contributed by atoms with Crippen LogP contribution in [0.1, 0.15) is 6.92 Å². The van der Waals surface area contributed by atoms with Gasteiger partial charge in [0, 0.05) is 5.69 Å². The second kappa shape index (κ2) is 3.91. The van der Waals surface area contributed by atoms with Gasteiger partial charge in [0.15, 0.2) is 0 Å². The predicted molar refractivity (Wildman–Crippen MR) is 51.3 cm³/mol. The number of nitrogens with two attached hydrogens (primary N) is 2. The van der Waals surface area contributed by atoms with Gasteiger partial charge in [0.1, 0.15) is 0 Å². The summed E-state index contributed by atoms with van der Waals surface area (Å²) in [6.07, 6.45) is 0. The SMILES string of the molecule is C[C@H](N)C(=O)[N]c1cccc(N)c1. The Bertz CT molecular complexity index is 309. The summed E-state index contributed by atoms with van der Waals surface area (Å²) in [7, 11) is 0. The van der Waals surface area contributed by atoms with Gasteiger partial charge in [-0.1, -0.05) is 6.07 Å². The quantitative estimate of drug-likeness (QED) is 0.642. The van der Waals surface area contributed by atoms with Gasteiger partial charge >= 0.3 is 0 Å². The molecule has 13 heavy (non-hydrogen) atoms. The molecule has 1 amide bonds. The van der Waals surface area contributed by atoms with Crippen molar-refractivity contribution in [2.24, 2.45) is 5.73 Å². The van der Waals surface area contributed by atoms with Gasteiger partial charge in [-0.3, -0.25) is 4.79 Å². The van der Waals surface area contributed by atoms with E-state index in [0.29, 0.717) is 11.4 Å². The van der Waals surface area contributed by atoms with E-state index in [-0.39, 0.29) is 5.91 Å². The molecule has 69 valence electrons. The molecule has 0 unspecified atom stereocenters. The Labute approximate surface area is 76.9 Å². The van der Waals surface area contributed by atoms with Crippen molar-refractivity contribution in [3.63, 3.8) is 0 Å². The number of anilines is 1. The number of rotatable bonds is 2. The van der Waals surface area contributed by atoms with E-state index in [1.807, 2.05) is 0 Å². The summed E-state index contributed by atoms with van der Waals surface area (Å²) in [5, 5.41) is 3.78. The molecule has 1 aromatic rings. The maximum atomic E-state index is 11.1. The van der Waals surface area contributed by atoms with E-state index in [2.05, 4.69) is 5.32 Å². The fraction of sp³-hybridized carbons (Fsp3) is 0.222. The van der Waals surface area contributed by atoms with Crippen molar-refractivity contribution in [1.82, 2.24) is 5.32 Å². The van der Waals surface area contributed by atoms with Gasteiger partial charge in [-0.15, -0.1) is 0 Å². The van der Waals surface area contributed by atoms with E-state index in [4.69, 9.17) is 11.5 Å².